The number of aliphatic hydroxyl groups excluding tert-OH is 1. The van der Waals surface area contributed by atoms with Gasteiger partial charge in [0.25, 0.3) is 0 Å². The summed E-state index contributed by atoms with van der Waals surface area (Å²) in [6.07, 6.45) is -0.628. The SMILES string of the molecule is CNCc1cc(Br)cc(C)c1OCC(O)c1ccccc1. The largest absolute Gasteiger partial charge is 0.490 e. The van der Waals surface area contributed by atoms with E-state index in [4.69, 9.17) is 4.74 Å². The van der Waals surface area contributed by atoms with Crippen LogP contribution in [0.3, 0.4) is 0 Å². The first kappa shape index (κ1) is 16.0. The zero-order valence-electron chi connectivity index (χ0n) is 12.3. The summed E-state index contributed by atoms with van der Waals surface area (Å²) in [6, 6.07) is 13.6. The fraction of sp³-hybridized carbons (Fsp3) is 0.294. The Labute approximate surface area is 134 Å². The summed E-state index contributed by atoms with van der Waals surface area (Å²) < 4.78 is 6.91. The Balaban J connectivity index is 2.12. The predicted octanol–water partition coefficient (Wildman–Crippen LogP) is 3.59. The predicted molar refractivity (Wildman–Crippen MR) is 88.5 cm³/mol. The molecule has 3 nitrogen and oxygen atoms in total. The second-order valence-electron chi connectivity index (χ2n) is 4.98. The van der Waals surface area contributed by atoms with E-state index in [-0.39, 0.29) is 6.61 Å². The van der Waals surface area contributed by atoms with Crippen LogP contribution in [0.25, 0.3) is 0 Å². The molecule has 4 heteroatoms. The average molecular weight is 350 g/mol. The summed E-state index contributed by atoms with van der Waals surface area (Å²) in [4.78, 5) is 0. The van der Waals surface area contributed by atoms with Crippen molar-refractivity contribution in [1.82, 2.24) is 5.32 Å². The standard InChI is InChI=1S/C17H20BrNO2/c1-12-8-15(18)9-14(10-19-2)17(12)21-11-16(20)13-6-4-3-5-7-13/h3-9,16,19-20H,10-11H2,1-2H3. The van der Waals surface area contributed by atoms with E-state index in [0.29, 0.717) is 0 Å². The summed E-state index contributed by atoms with van der Waals surface area (Å²) in [5, 5.41) is 13.3. The zero-order valence-corrected chi connectivity index (χ0v) is 13.9. The minimum Gasteiger partial charge on any atom is -0.490 e. The molecule has 0 bridgehead atoms. The number of halogens is 1. The van der Waals surface area contributed by atoms with Crippen molar-refractivity contribution in [2.24, 2.45) is 0 Å². The van der Waals surface area contributed by atoms with E-state index in [0.717, 1.165) is 33.5 Å². The molecule has 0 spiro atoms. The molecule has 0 radical (unpaired) electrons. The number of nitrogens with one attached hydrogen (secondary N) is 1. The monoisotopic (exact) mass is 349 g/mol. The molecule has 0 saturated heterocycles. The Morgan fingerprint density at radius 2 is 1.95 bits per heavy atom. The number of hydrogen-bond acceptors (Lipinski definition) is 3. The average Bonchev–Trinajstić information content (AvgIpc) is 2.47. The molecule has 0 aliphatic carbocycles. The van der Waals surface area contributed by atoms with Gasteiger partial charge < -0.3 is 15.2 Å². The van der Waals surface area contributed by atoms with Gasteiger partial charge in [0.2, 0.25) is 0 Å². The van der Waals surface area contributed by atoms with Gasteiger partial charge in [0.05, 0.1) is 0 Å². The Bertz CT molecular complexity index is 587. The number of aryl methyl sites for hydroxylation is 1. The smallest absolute Gasteiger partial charge is 0.126 e. The second-order valence-corrected chi connectivity index (χ2v) is 5.89. The molecule has 2 aromatic rings. The molecule has 2 rings (SSSR count). The lowest BCUT2D eigenvalue weighted by Gasteiger charge is -2.17. The maximum atomic E-state index is 10.2. The van der Waals surface area contributed by atoms with E-state index < -0.39 is 6.10 Å². The summed E-state index contributed by atoms with van der Waals surface area (Å²) in [6.45, 7) is 2.97. The third kappa shape index (κ3) is 4.30. The minimum absolute atomic E-state index is 0.239. The highest BCUT2D eigenvalue weighted by atomic mass is 79.9. The summed E-state index contributed by atoms with van der Waals surface area (Å²) in [5.41, 5.74) is 2.99. The first-order valence-corrected chi connectivity index (χ1v) is 7.70. The molecule has 21 heavy (non-hydrogen) atoms. The van der Waals surface area contributed by atoms with E-state index >= 15 is 0 Å². The lowest BCUT2D eigenvalue weighted by Crippen LogP contribution is -2.13. The van der Waals surface area contributed by atoms with Gasteiger partial charge in [-0.1, -0.05) is 46.3 Å². The molecule has 112 valence electrons. The maximum absolute atomic E-state index is 10.2. The van der Waals surface area contributed by atoms with Crippen LogP contribution in [0.1, 0.15) is 22.8 Å². The van der Waals surface area contributed by atoms with E-state index in [2.05, 4.69) is 21.2 Å². The van der Waals surface area contributed by atoms with Crippen LogP contribution in [0.4, 0.5) is 0 Å². The molecule has 0 aliphatic rings. The Morgan fingerprint density at radius 1 is 1.24 bits per heavy atom. The van der Waals surface area contributed by atoms with Crippen LogP contribution < -0.4 is 10.1 Å². The van der Waals surface area contributed by atoms with Crippen molar-refractivity contribution in [3.63, 3.8) is 0 Å². The van der Waals surface area contributed by atoms with Gasteiger partial charge in [-0.25, -0.2) is 0 Å². The Hall–Kier alpha value is -1.36. The topological polar surface area (TPSA) is 41.5 Å². The number of aliphatic hydroxyl groups is 1. The molecule has 0 saturated carbocycles. The summed E-state index contributed by atoms with van der Waals surface area (Å²) >= 11 is 3.50. The molecule has 1 unspecified atom stereocenters. The van der Waals surface area contributed by atoms with Gasteiger partial charge in [0.15, 0.2) is 0 Å². The van der Waals surface area contributed by atoms with Gasteiger partial charge in [-0.2, -0.15) is 0 Å². The molecule has 0 aliphatic heterocycles. The maximum Gasteiger partial charge on any atom is 0.126 e. The van der Waals surface area contributed by atoms with Gasteiger partial charge in [-0.3, -0.25) is 0 Å². The lowest BCUT2D eigenvalue weighted by atomic mass is 10.1. The molecule has 0 aromatic heterocycles. The van der Waals surface area contributed by atoms with Gasteiger partial charge in [0.1, 0.15) is 18.5 Å². The molecular weight excluding hydrogens is 330 g/mol. The quantitative estimate of drug-likeness (QED) is 0.837. The third-order valence-electron chi connectivity index (χ3n) is 3.25. The van der Waals surface area contributed by atoms with Crippen LogP contribution in [0, 0.1) is 6.92 Å². The van der Waals surface area contributed by atoms with Crippen LogP contribution in [0.5, 0.6) is 5.75 Å². The van der Waals surface area contributed by atoms with E-state index in [1.165, 1.54) is 0 Å². The van der Waals surface area contributed by atoms with Gasteiger partial charge in [-0.15, -0.1) is 0 Å². The van der Waals surface area contributed by atoms with Gasteiger partial charge >= 0.3 is 0 Å². The van der Waals surface area contributed by atoms with Gasteiger partial charge in [-0.05, 0) is 37.2 Å². The van der Waals surface area contributed by atoms with Crippen molar-refractivity contribution in [2.75, 3.05) is 13.7 Å². The molecule has 2 N–H and O–H groups in total. The molecule has 0 fully saturated rings. The number of ether oxygens (including phenoxy) is 1. The zero-order chi connectivity index (χ0) is 15.2. The van der Waals surface area contributed by atoms with Crippen molar-refractivity contribution in [2.45, 2.75) is 19.6 Å². The fourth-order valence-corrected chi connectivity index (χ4v) is 2.88. The third-order valence-corrected chi connectivity index (χ3v) is 3.71. The van der Waals surface area contributed by atoms with Crippen molar-refractivity contribution in [3.05, 3.63) is 63.6 Å². The van der Waals surface area contributed by atoms with Crippen molar-refractivity contribution < 1.29 is 9.84 Å². The highest BCUT2D eigenvalue weighted by Crippen LogP contribution is 2.29. The molecule has 0 amide bonds. The van der Waals surface area contributed by atoms with Crippen LogP contribution >= 0.6 is 15.9 Å². The van der Waals surface area contributed by atoms with E-state index in [1.54, 1.807) is 0 Å². The second kappa shape index (κ2) is 7.59. The number of rotatable bonds is 6. The lowest BCUT2D eigenvalue weighted by molar-refractivity contribution is 0.107. The molecule has 1 atom stereocenters. The van der Waals surface area contributed by atoms with E-state index in [1.807, 2.05) is 56.4 Å². The first-order chi connectivity index (χ1) is 10.1. The van der Waals surface area contributed by atoms with Crippen LogP contribution in [-0.2, 0) is 6.54 Å². The number of hydrogen-bond donors (Lipinski definition) is 2. The Kier molecular flexibility index (Phi) is 5.79. The van der Waals surface area contributed by atoms with Crippen LogP contribution in [0.15, 0.2) is 46.9 Å². The minimum atomic E-state index is -0.628. The summed E-state index contributed by atoms with van der Waals surface area (Å²) in [7, 11) is 1.90. The van der Waals surface area contributed by atoms with Crippen molar-refractivity contribution in [3.8, 4) is 5.75 Å². The number of benzene rings is 2. The van der Waals surface area contributed by atoms with E-state index in [9.17, 15) is 5.11 Å². The summed E-state index contributed by atoms with van der Waals surface area (Å²) in [5.74, 6) is 0.836. The fourth-order valence-electron chi connectivity index (χ4n) is 2.26. The molecule has 0 heterocycles. The molecule has 2 aromatic carbocycles. The van der Waals surface area contributed by atoms with Gasteiger partial charge in [0, 0.05) is 16.6 Å². The normalized spacial score (nSPS) is 12.2. The van der Waals surface area contributed by atoms with Crippen LogP contribution in [0.2, 0.25) is 0 Å². The van der Waals surface area contributed by atoms with Crippen molar-refractivity contribution in [1.29, 1.82) is 0 Å². The Morgan fingerprint density at radius 3 is 2.62 bits per heavy atom. The highest BCUT2D eigenvalue weighted by Gasteiger charge is 2.12. The van der Waals surface area contributed by atoms with Crippen LogP contribution in [-0.4, -0.2) is 18.8 Å². The van der Waals surface area contributed by atoms with Crippen molar-refractivity contribution >= 4 is 15.9 Å². The first-order valence-electron chi connectivity index (χ1n) is 6.91. The highest BCUT2D eigenvalue weighted by molar-refractivity contribution is 9.10. The molecular formula is C17H20BrNO2.